The summed E-state index contributed by atoms with van der Waals surface area (Å²) in [5.74, 6) is -0.315. The van der Waals surface area contributed by atoms with Gasteiger partial charge >= 0.3 is 0 Å². The number of benzene rings is 2. The minimum Gasteiger partial charge on any atom is -0.508 e. The van der Waals surface area contributed by atoms with Crippen molar-refractivity contribution >= 4 is 5.78 Å². The summed E-state index contributed by atoms with van der Waals surface area (Å²) in [5.41, 5.74) is 0.877. The molecule has 0 heterocycles. The number of methoxy groups -OCH3 is 1. The molecule has 2 rings (SSSR count). The molecular weight excluding hydrogens is 260 g/mol. The van der Waals surface area contributed by atoms with Crippen LogP contribution in [0, 0.1) is 0 Å². The van der Waals surface area contributed by atoms with Crippen molar-refractivity contribution in [3.63, 3.8) is 0 Å². The van der Waals surface area contributed by atoms with Gasteiger partial charge < -0.3 is 20.1 Å². The minimum absolute atomic E-state index is 0.00120. The largest absolute Gasteiger partial charge is 0.508 e. The quantitative estimate of drug-likeness (QED) is 0.744. The Morgan fingerprint density at radius 2 is 1.70 bits per heavy atom. The minimum atomic E-state index is -0.260. The molecule has 20 heavy (non-hydrogen) atoms. The Bertz CT molecular complexity index is 628. The Morgan fingerprint density at radius 3 is 2.30 bits per heavy atom. The van der Waals surface area contributed by atoms with E-state index in [4.69, 9.17) is 4.74 Å². The summed E-state index contributed by atoms with van der Waals surface area (Å²) in [6.07, 6.45) is 0.0690. The molecular formula is C15H14O5. The molecule has 0 fully saturated rings. The predicted molar refractivity (Wildman–Crippen MR) is 72.5 cm³/mol. The van der Waals surface area contributed by atoms with Crippen LogP contribution in [0.5, 0.6) is 23.0 Å². The maximum Gasteiger partial charge on any atom is 0.167 e. The summed E-state index contributed by atoms with van der Waals surface area (Å²) < 4.78 is 4.97. The standard InChI is InChI=1S/C15H14O5/c1-20-15-5-9(2-3-13(15)18)4-14(19)10-6-11(16)8-12(17)7-10/h2-3,5-8,16-18H,4H2,1H3. The first-order valence-electron chi connectivity index (χ1n) is 5.91. The number of hydrogen-bond donors (Lipinski definition) is 3. The highest BCUT2D eigenvalue weighted by Crippen LogP contribution is 2.27. The smallest absolute Gasteiger partial charge is 0.167 e. The van der Waals surface area contributed by atoms with Crippen LogP contribution in [0.1, 0.15) is 15.9 Å². The molecule has 0 amide bonds. The second-order valence-corrected chi connectivity index (χ2v) is 4.34. The number of ether oxygens (including phenoxy) is 1. The van der Waals surface area contributed by atoms with E-state index in [-0.39, 0.29) is 40.8 Å². The van der Waals surface area contributed by atoms with Crippen LogP contribution in [0.4, 0.5) is 0 Å². The first-order valence-corrected chi connectivity index (χ1v) is 5.91. The SMILES string of the molecule is COc1cc(CC(=O)c2cc(O)cc(O)c2)ccc1O. The molecule has 0 aliphatic heterocycles. The molecule has 0 unspecified atom stereocenters. The maximum atomic E-state index is 12.1. The average molecular weight is 274 g/mol. The van der Waals surface area contributed by atoms with E-state index in [0.29, 0.717) is 5.56 Å². The lowest BCUT2D eigenvalue weighted by Gasteiger charge is -2.07. The molecule has 0 aromatic heterocycles. The fourth-order valence-corrected chi connectivity index (χ4v) is 1.88. The zero-order chi connectivity index (χ0) is 14.7. The molecule has 5 heteroatoms. The van der Waals surface area contributed by atoms with Crippen molar-refractivity contribution in [1.82, 2.24) is 0 Å². The van der Waals surface area contributed by atoms with Crippen LogP contribution >= 0.6 is 0 Å². The van der Waals surface area contributed by atoms with Crippen LogP contribution in [-0.2, 0) is 6.42 Å². The third kappa shape index (κ3) is 3.00. The Kier molecular flexibility index (Phi) is 3.79. The van der Waals surface area contributed by atoms with Gasteiger partial charge in [0, 0.05) is 18.1 Å². The number of Topliss-reactive ketones (excluding diaryl/α,β-unsaturated/α-hetero) is 1. The van der Waals surface area contributed by atoms with E-state index < -0.39 is 0 Å². The number of ketones is 1. The molecule has 5 nitrogen and oxygen atoms in total. The molecule has 0 aliphatic rings. The van der Waals surface area contributed by atoms with Gasteiger partial charge in [0.1, 0.15) is 11.5 Å². The zero-order valence-electron chi connectivity index (χ0n) is 10.8. The van der Waals surface area contributed by atoms with Gasteiger partial charge in [-0.15, -0.1) is 0 Å². The molecule has 0 bridgehead atoms. The van der Waals surface area contributed by atoms with Gasteiger partial charge in [-0.3, -0.25) is 4.79 Å². The Morgan fingerprint density at radius 1 is 1.05 bits per heavy atom. The van der Waals surface area contributed by atoms with E-state index in [1.165, 1.54) is 25.3 Å². The summed E-state index contributed by atoms with van der Waals surface area (Å²) in [6, 6.07) is 8.36. The lowest BCUT2D eigenvalue weighted by molar-refractivity contribution is 0.0992. The van der Waals surface area contributed by atoms with Crippen molar-refractivity contribution in [3.05, 3.63) is 47.5 Å². The van der Waals surface area contributed by atoms with E-state index in [0.717, 1.165) is 6.07 Å². The fourth-order valence-electron chi connectivity index (χ4n) is 1.88. The van der Waals surface area contributed by atoms with E-state index >= 15 is 0 Å². The Labute approximate surface area is 115 Å². The predicted octanol–water partition coefficient (Wildman–Crippen LogP) is 2.24. The van der Waals surface area contributed by atoms with Gasteiger partial charge in [0.25, 0.3) is 0 Å². The van der Waals surface area contributed by atoms with Crippen LogP contribution in [0.3, 0.4) is 0 Å². The van der Waals surface area contributed by atoms with Crippen LogP contribution < -0.4 is 4.74 Å². The average Bonchev–Trinajstić information content (AvgIpc) is 2.39. The summed E-state index contributed by atoms with van der Waals surface area (Å²) >= 11 is 0. The lowest BCUT2D eigenvalue weighted by atomic mass is 10.0. The number of phenols is 3. The van der Waals surface area contributed by atoms with Crippen molar-refractivity contribution < 1.29 is 24.9 Å². The van der Waals surface area contributed by atoms with E-state index in [2.05, 4.69) is 0 Å². The topological polar surface area (TPSA) is 87.0 Å². The second kappa shape index (κ2) is 5.52. The number of carbonyl (C=O) groups excluding carboxylic acids is 1. The maximum absolute atomic E-state index is 12.1. The monoisotopic (exact) mass is 274 g/mol. The van der Waals surface area contributed by atoms with E-state index in [1.807, 2.05) is 0 Å². The van der Waals surface area contributed by atoms with Crippen LogP contribution in [0.2, 0.25) is 0 Å². The number of carbonyl (C=O) groups is 1. The van der Waals surface area contributed by atoms with Gasteiger partial charge in [-0.1, -0.05) is 6.07 Å². The first-order chi connectivity index (χ1) is 9.49. The molecule has 0 spiro atoms. The van der Waals surface area contributed by atoms with Crippen molar-refractivity contribution in [2.45, 2.75) is 6.42 Å². The van der Waals surface area contributed by atoms with E-state index in [1.54, 1.807) is 12.1 Å². The highest BCUT2D eigenvalue weighted by atomic mass is 16.5. The molecule has 3 N–H and O–H groups in total. The first kappa shape index (κ1) is 13.7. The summed E-state index contributed by atoms with van der Waals surface area (Å²) in [4.78, 5) is 12.1. The molecule has 0 aliphatic carbocycles. The van der Waals surface area contributed by atoms with E-state index in [9.17, 15) is 20.1 Å². The van der Waals surface area contributed by atoms with Crippen LogP contribution in [0.25, 0.3) is 0 Å². The highest BCUT2D eigenvalue weighted by Gasteiger charge is 2.11. The summed E-state index contributed by atoms with van der Waals surface area (Å²) in [5, 5.41) is 28.2. The molecule has 2 aromatic carbocycles. The molecule has 0 saturated carbocycles. The Balaban J connectivity index is 2.23. The van der Waals surface area contributed by atoms with Gasteiger partial charge in [-0.05, 0) is 29.8 Å². The van der Waals surface area contributed by atoms with Crippen LogP contribution in [0.15, 0.2) is 36.4 Å². The molecule has 0 saturated heterocycles. The lowest BCUT2D eigenvalue weighted by Crippen LogP contribution is -2.03. The number of rotatable bonds is 4. The fraction of sp³-hybridized carbons (Fsp3) is 0.133. The van der Waals surface area contributed by atoms with Gasteiger partial charge in [0.2, 0.25) is 0 Å². The van der Waals surface area contributed by atoms with Gasteiger partial charge in [0.05, 0.1) is 7.11 Å². The summed E-state index contributed by atoms with van der Waals surface area (Å²) in [6.45, 7) is 0. The number of phenolic OH excluding ortho intramolecular Hbond substituents is 3. The normalized spacial score (nSPS) is 10.2. The third-order valence-corrected chi connectivity index (χ3v) is 2.83. The molecule has 104 valence electrons. The molecule has 0 atom stereocenters. The van der Waals surface area contributed by atoms with Crippen molar-refractivity contribution in [3.8, 4) is 23.0 Å². The van der Waals surface area contributed by atoms with Crippen LogP contribution in [-0.4, -0.2) is 28.2 Å². The Hall–Kier alpha value is -2.69. The third-order valence-electron chi connectivity index (χ3n) is 2.83. The van der Waals surface area contributed by atoms with Crippen molar-refractivity contribution in [2.24, 2.45) is 0 Å². The molecule has 0 radical (unpaired) electrons. The van der Waals surface area contributed by atoms with Crippen molar-refractivity contribution in [2.75, 3.05) is 7.11 Å². The highest BCUT2D eigenvalue weighted by molar-refractivity contribution is 5.98. The van der Waals surface area contributed by atoms with Crippen molar-refractivity contribution in [1.29, 1.82) is 0 Å². The van der Waals surface area contributed by atoms with Gasteiger partial charge in [-0.25, -0.2) is 0 Å². The molecule has 2 aromatic rings. The number of hydrogen-bond acceptors (Lipinski definition) is 5. The summed E-state index contributed by atoms with van der Waals surface area (Å²) in [7, 11) is 1.42. The zero-order valence-corrected chi connectivity index (χ0v) is 10.8. The number of aromatic hydroxyl groups is 3. The van der Waals surface area contributed by atoms with Gasteiger partial charge in [0.15, 0.2) is 17.3 Å². The second-order valence-electron chi connectivity index (χ2n) is 4.34. The van der Waals surface area contributed by atoms with Gasteiger partial charge in [-0.2, -0.15) is 0 Å².